The molecule has 0 aromatic heterocycles. The van der Waals surface area contributed by atoms with Crippen LogP contribution in [0.2, 0.25) is 0 Å². The quantitative estimate of drug-likeness (QED) is 0.535. The van der Waals surface area contributed by atoms with Crippen molar-refractivity contribution in [2.75, 3.05) is 16.8 Å². The number of anilines is 2. The van der Waals surface area contributed by atoms with Gasteiger partial charge in [0.2, 0.25) is 0 Å². The molecule has 0 saturated heterocycles. The normalized spacial score (nSPS) is 15.2. The van der Waals surface area contributed by atoms with Crippen LogP contribution in [0.15, 0.2) is 48.0 Å². The predicted octanol–water partition coefficient (Wildman–Crippen LogP) is 5.53. The third kappa shape index (κ3) is 4.11. The number of nitrogens with one attached hydrogen (secondary N) is 1. The first kappa shape index (κ1) is 21.3. The fourth-order valence-corrected chi connectivity index (χ4v) is 3.84. The topological polar surface area (TPSA) is 56.1 Å². The zero-order valence-corrected chi connectivity index (χ0v) is 17.4. The fraction of sp³-hybridized carbons (Fsp3) is 0.250. The second-order valence-corrected chi connectivity index (χ2v) is 7.75. The summed E-state index contributed by atoms with van der Waals surface area (Å²) in [4.78, 5) is 14.6. The monoisotopic (exact) mass is 407 g/mol. The summed E-state index contributed by atoms with van der Waals surface area (Å²) in [6.07, 6.45) is 3.36. The molecule has 2 aromatic rings. The number of nitrogens with zero attached hydrogens (tertiary/aromatic N) is 2. The predicted molar refractivity (Wildman–Crippen MR) is 116 cm³/mol. The smallest absolute Gasteiger partial charge is 0.266 e. The summed E-state index contributed by atoms with van der Waals surface area (Å²) >= 11 is 0. The molecule has 0 aliphatic carbocycles. The summed E-state index contributed by atoms with van der Waals surface area (Å²) in [7, 11) is 0. The lowest BCUT2D eigenvalue weighted by Gasteiger charge is -2.42. The van der Waals surface area contributed by atoms with Gasteiger partial charge in [-0.2, -0.15) is 5.26 Å². The van der Waals surface area contributed by atoms with Crippen LogP contribution in [-0.2, 0) is 4.79 Å². The average Bonchev–Trinajstić information content (AvgIpc) is 2.68. The van der Waals surface area contributed by atoms with Gasteiger partial charge in [0.05, 0.1) is 5.54 Å². The number of likely N-dealkylation sites (N-methyl/N-ethyl adjacent to an activating group) is 1. The molecule has 0 bridgehead atoms. The van der Waals surface area contributed by atoms with Crippen molar-refractivity contribution in [1.29, 1.82) is 5.26 Å². The number of carbonyl (C=O) groups is 1. The molecule has 1 aliphatic rings. The summed E-state index contributed by atoms with van der Waals surface area (Å²) < 4.78 is 27.9. The van der Waals surface area contributed by atoms with Gasteiger partial charge in [0, 0.05) is 29.0 Å². The fourth-order valence-electron chi connectivity index (χ4n) is 3.84. The molecule has 4 nitrogen and oxygen atoms in total. The van der Waals surface area contributed by atoms with E-state index in [0.717, 1.165) is 16.8 Å². The van der Waals surface area contributed by atoms with Gasteiger partial charge in [0.15, 0.2) is 0 Å². The molecule has 0 fully saturated rings. The van der Waals surface area contributed by atoms with E-state index in [1.54, 1.807) is 6.07 Å². The number of carbonyl (C=O) groups excluding carboxylic acids is 1. The molecule has 2 aromatic carbocycles. The number of halogens is 2. The van der Waals surface area contributed by atoms with Gasteiger partial charge in [0.25, 0.3) is 5.91 Å². The van der Waals surface area contributed by atoms with E-state index in [0.29, 0.717) is 12.2 Å². The number of fused-ring (bicyclic) bond motifs is 1. The van der Waals surface area contributed by atoms with Crippen molar-refractivity contribution < 1.29 is 13.6 Å². The summed E-state index contributed by atoms with van der Waals surface area (Å²) in [5.41, 5.74) is 2.65. The Bertz CT molecular complexity index is 1090. The van der Waals surface area contributed by atoms with Gasteiger partial charge in [-0.15, -0.1) is 0 Å². The zero-order valence-electron chi connectivity index (χ0n) is 17.4. The molecule has 6 heteroatoms. The Morgan fingerprint density at radius 3 is 2.50 bits per heavy atom. The van der Waals surface area contributed by atoms with E-state index in [1.807, 2.05) is 19.9 Å². The first-order valence-corrected chi connectivity index (χ1v) is 9.66. The van der Waals surface area contributed by atoms with E-state index in [-0.39, 0.29) is 16.7 Å². The maximum Gasteiger partial charge on any atom is 0.266 e. The Labute approximate surface area is 175 Å². The van der Waals surface area contributed by atoms with E-state index in [4.69, 9.17) is 0 Å². The van der Waals surface area contributed by atoms with Crippen molar-refractivity contribution >= 4 is 28.9 Å². The Morgan fingerprint density at radius 2 is 1.90 bits per heavy atom. The van der Waals surface area contributed by atoms with E-state index in [9.17, 15) is 18.8 Å². The molecule has 3 rings (SSSR count). The Kier molecular flexibility index (Phi) is 5.75. The lowest BCUT2D eigenvalue weighted by molar-refractivity contribution is -0.112. The highest BCUT2D eigenvalue weighted by molar-refractivity contribution is 6.09. The Morgan fingerprint density at radius 1 is 1.23 bits per heavy atom. The second kappa shape index (κ2) is 8.11. The molecule has 1 aliphatic heterocycles. The molecule has 0 saturated carbocycles. The number of hydrogen-bond donors (Lipinski definition) is 1. The molecule has 0 radical (unpaired) electrons. The SMILES string of the molecule is CCN1c2cc(F)c(/C=C(\C#N)C(=O)Nc3ccc(F)cc3)cc2C(C)=CC1(C)C. The van der Waals surface area contributed by atoms with Crippen LogP contribution in [0, 0.1) is 23.0 Å². The molecular weight excluding hydrogens is 384 g/mol. The third-order valence-corrected chi connectivity index (χ3v) is 5.18. The van der Waals surface area contributed by atoms with Crippen LogP contribution in [-0.4, -0.2) is 18.0 Å². The second-order valence-electron chi connectivity index (χ2n) is 7.75. The van der Waals surface area contributed by atoms with Crippen LogP contribution in [0.3, 0.4) is 0 Å². The summed E-state index contributed by atoms with van der Waals surface area (Å²) in [5, 5.41) is 11.9. The van der Waals surface area contributed by atoms with Gasteiger partial charge in [0.1, 0.15) is 23.3 Å². The number of rotatable bonds is 4. The van der Waals surface area contributed by atoms with Crippen molar-refractivity contribution in [2.24, 2.45) is 0 Å². The first-order valence-electron chi connectivity index (χ1n) is 9.66. The van der Waals surface area contributed by atoms with Crippen molar-refractivity contribution in [3.63, 3.8) is 0 Å². The van der Waals surface area contributed by atoms with Gasteiger partial charge in [-0.05, 0) is 75.7 Å². The van der Waals surface area contributed by atoms with E-state index in [1.165, 1.54) is 36.4 Å². The highest BCUT2D eigenvalue weighted by atomic mass is 19.1. The lowest BCUT2D eigenvalue weighted by Crippen LogP contribution is -2.45. The number of amides is 1. The molecule has 154 valence electrons. The Balaban J connectivity index is 1.98. The van der Waals surface area contributed by atoms with Crippen molar-refractivity contribution in [1.82, 2.24) is 0 Å². The highest BCUT2D eigenvalue weighted by Crippen LogP contribution is 2.40. The number of hydrogen-bond acceptors (Lipinski definition) is 3. The maximum absolute atomic E-state index is 14.9. The largest absolute Gasteiger partial charge is 0.363 e. The third-order valence-electron chi connectivity index (χ3n) is 5.18. The molecule has 1 heterocycles. The number of allylic oxidation sites excluding steroid dienone is 1. The van der Waals surface area contributed by atoms with Crippen molar-refractivity contribution in [3.8, 4) is 6.07 Å². The molecular formula is C24H23F2N3O. The van der Waals surface area contributed by atoms with E-state index < -0.39 is 17.5 Å². The molecule has 0 spiro atoms. The average molecular weight is 407 g/mol. The van der Waals surface area contributed by atoms with Gasteiger partial charge in [-0.3, -0.25) is 4.79 Å². The van der Waals surface area contributed by atoms with Crippen molar-refractivity contribution in [2.45, 2.75) is 33.2 Å². The van der Waals surface area contributed by atoms with Gasteiger partial charge >= 0.3 is 0 Å². The highest BCUT2D eigenvalue weighted by Gasteiger charge is 2.31. The minimum Gasteiger partial charge on any atom is -0.363 e. The zero-order chi connectivity index (χ0) is 22.1. The molecule has 30 heavy (non-hydrogen) atoms. The number of nitriles is 1. The summed E-state index contributed by atoms with van der Waals surface area (Å²) in [6.45, 7) is 8.83. The summed E-state index contributed by atoms with van der Waals surface area (Å²) in [5.74, 6) is -1.64. The van der Waals surface area contributed by atoms with Crippen LogP contribution in [0.5, 0.6) is 0 Å². The molecule has 1 N–H and O–H groups in total. The molecule has 1 amide bonds. The van der Waals surface area contributed by atoms with Crippen LogP contribution in [0.1, 0.15) is 38.8 Å². The first-order chi connectivity index (χ1) is 14.2. The van der Waals surface area contributed by atoms with Gasteiger partial charge in [-0.25, -0.2) is 8.78 Å². The van der Waals surface area contributed by atoms with Gasteiger partial charge < -0.3 is 10.2 Å². The molecule has 0 atom stereocenters. The standard InChI is InChI=1S/C24H23F2N3O/c1-5-29-22-12-21(26)16(11-20(22)15(2)13-24(29,3)4)10-17(14-27)23(30)28-19-8-6-18(25)7-9-19/h6-13H,5H2,1-4H3,(H,28,30)/b17-10+. The maximum atomic E-state index is 14.9. The minimum atomic E-state index is -0.690. The van der Waals surface area contributed by atoms with Crippen molar-refractivity contribution in [3.05, 3.63) is 70.8 Å². The van der Waals surface area contributed by atoms with Crippen LogP contribution >= 0.6 is 0 Å². The molecule has 0 unspecified atom stereocenters. The minimum absolute atomic E-state index is 0.156. The van der Waals surface area contributed by atoms with Crippen LogP contribution in [0.4, 0.5) is 20.2 Å². The Hall–Kier alpha value is -3.46. The van der Waals surface area contributed by atoms with Crippen LogP contribution in [0.25, 0.3) is 11.6 Å². The summed E-state index contributed by atoms with van der Waals surface area (Å²) in [6, 6.07) is 10.1. The van der Waals surface area contributed by atoms with E-state index >= 15 is 0 Å². The van der Waals surface area contributed by atoms with E-state index in [2.05, 4.69) is 30.1 Å². The van der Waals surface area contributed by atoms with Crippen LogP contribution < -0.4 is 10.2 Å². The lowest BCUT2D eigenvalue weighted by atomic mass is 9.87. The van der Waals surface area contributed by atoms with Gasteiger partial charge in [-0.1, -0.05) is 6.08 Å². The number of benzene rings is 2.